The predicted molar refractivity (Wildman–Crippen MR) is 86.9 cm³/mol. The first kappa shape index (κ1) is 15.1. The molecule has 1 aromatic carbocycles. The average Bonchev–Trinajstić information content (AvgIpc) is 3.14. The molecule has 22 heavy (non-hydrogen) atoms. The number of anilines is 1. The van der Waals surface area contributed by atoms with Gasteiger partial charge in [-0.25, -0.2) is 0 Å². The Kier molecular flexibility index (Phi) is 4.19. The number of rotatable bonds is 4. The second kappa shape index (κ2) is 6.11. The number of nitrogens with zero attached hydrogens (tertiary/aromatic N) is 1. The first-order chi connectivity index (χ1) is 10.7. The molecule has 1 aliphatic carbocycles. The zero-order chi connectivity index (χ0) is 15.6. The van der Waals surface area contributed by atoms with E-state index in [1.807, 2.05) is 11.0 Å². The average molecular weight is 300 g/mol. The van der Waals surface area contributed by atoms with Crippen LogP contribution in [0.3, 0.4) is 0 Å². The Hall–Kier alpha value is -1.84. The predicted octanol–water partition coefficient (Wildman–Crippen LogP) is 2.76. The Balaban J connectivity index is 1.72. The van der Waals surface area contributed by atoms with E-state index in [2.05, 4.69) is 23.5 Å². The zero-order valence-electron chi connectivity index (χ0n) is 13.2. The third-order valence-corrected chi connectivity index (χ3v) is 5.16. The first-order valence-electron chi connectivity index (χ1n) is 8.27. The minimum atomic E-state index is 0.00175. The highest BCUT2D eigenvalue weighted by molar-refractivity contribution is 5.96. The molecule has 1 N–H and O–H groups in total. The fourth-order valence-electron chi connectivity index (χ4n) is 3.99. The van der Waals surface area contributed by atoms with Crippen LogP contribution in [0.25, 0.3) is 0 Å². The molecule has 0 unspecified atom stereocenters. The summed E-state index contributed by atoms with van der Waals surface area (Å²) in [4.78, 5) is 25.9. The maximum atomic E-state index is 12.6. The number of fused-ring (bicyclic) bond motifs is 2. The van der Waals surface area contributed by atoms with E-state index < -0.39 is 0 Å². The largest absolute Gasteiger partial charge is 0.359 e. The van der Waals surface area contributed by atoms with Crippen molar-refractivity contribution in [1.29, 1.82) is 0 Å². The van der Waals surface area contributed by atoms with Crippen molar-refractivity contribution in [3.63, 3.8) is 0 Å². The van der Waals surface area contributed by atoms with Crippen molar-refractivity contribution in [3.05, 3.63) is 29.8 Å². The van der Waals surface area contributed by atoms with Gasteiger partial charge in [0.2, 0.25) is 11.8 Å². The van der Waals surface area contributed by atoms with Gasteiger partial charge in [0.05, 0.1) is 0 Å². The Labute approximate surface area is 131 Å². The fourth-order valence-corrected chi connectivity index (χ4v) is 3.99. The van der Waals surface area contributed by atoms with E-state index in [9.17, 15) is 9.59 Å². The molecule has 1 spiro atoms. The number of hydrogen-bond donors (Lipinski definition) is 1. The van der Waals surface area contributed by atoms with Crippen molar-refractivity contribution >= 4 is 17.5 Å². The SMILES string of the molecule is CNC(=O)CCCC(=O)N1CC2(CCCC2)c2ccccc21. The van der Waals surface area contributed by atoms with E-state index in [0.717, 1.165) is 12.2 Å². The van der Waals surface area contributed by atoms with Crippen molar-refractivity contribution in [3.8, 4) is 0 Å². The van der Waals surface area contributed by atoms with Crippen molar-refractivity contribution in [2.45, 2.75) is 50.4 Å². The summed E-state index contributed by atoms with van der Waals surface area (Å²) >= 11 is 0. The molecule has 118 valence electrons. The van der Waals surface area contributed by atoms with Crippen molar-refractivity contribution in [2.24, 2.45) is 0 Å². The van der Waals surface area contributed by atoms with Gasteiger partial charge in [-0.2, -0.15) is 0 Å². The molecule has 1 aliphatic heterocycles. The minimum absolute atomic E-state index is 0.00175. The quantitative estimate of drug-likeness (QED) is 0.929. The summed E-state index contributed by atoms with van der Waals surface area (Å²) in [5, 5.41) is 2.60. The third-order valence-electron chi connectivity index (χ3n) is 5.16. The van der Waals surface area contributed by atoms with Crippen LogP contribution >= 0.6 is 0 Å². The van der Waals surface area contributed by atoms with Gasteiger partial charge in [0.1, 0.15) is 0 Å². The van der Waals surface area contributed by atoms with Gasteiger partial charge in [0, 0.05) is 37.5 Å². The number of nitrogens with one attached hydrogen (secondary N) is 1. The lowest BCUT2D eigenvalue weighted by atomic mass is 9.81. The Morgan fingerprint density at radius 2 is 1.91 bits per heavy atom. The summed E-state index contributed by atoms with van der Waals surface area (Å²) in [5.41, 5.74) is 2.63. The minimum Gasteiger partial charge on any atom is -0.359 e. The zero-order valence-corrected chi connectivity index (χ0v) is 13.2. The van der Waals surface area contributed by atoms with Crippen molar-refractivity contribution < 1.29 is 9.59 Å². The summed E-state index contributed by atoms with van der Waals surface area (Å²) in [6.45, 7) is 0.825. The third kappa shape index (κ3) is 2.62. The van der Waals surface area contributed by atoms with E-state index in [1.54, 1.807) is 7.05 Å². The highest BCUT2D eigenvalue weighted by Crippen LogP contribution is 2.50. The Bertz CT molecular complexity index is 576. The smallest absolute Gasteiger partial charge is 0.227 e. The lowest BCUT2D eigenvalue weighted by Crippen LogP contribution is -2.35. The van der Waals surface area contributed by atoms with E-state index >= 15 is 0 Å². The van der Waals surface area contributed by atoms with Crippen LogP contribution in [0.15, 0.2) is 24.3 Å². The van der Waals surface area contributed by atoms with Gasteiger partial charge in [-0.3, -0.25) is 9.59 Å². The summed E-state index contributed by atoms with van der Waals surface area (Å²) in [5.74, 6) is 0.155. The van der Waals surface area contributed by atoms with Gasteiger partial charge in [-0.1, -0.05) is 31.0 Å². The highest BCUT2D eigenvalue weighted by atomic mass is 16.2. The molecule has 1 heterocycles. The molecule has 0 atom stereocenters. The second-order valence-electron chi connectivity index (χ2n) is 6.51. The maximum Gasteiger partial charge on any atom is 0.227 e. The van der Waals surface area contributed by atoms with Crippen LogP contribution in [0, 0.1) is 0 Å². The summed E-state index contributed by atoms with van der Waals surface area (Å²) in [7, 11) is 1.63. The summed E-state index contributed by atoms with van der Waals surface area (Å²) in [6.07, 6.45) is 6.36. The van der Waals surface area contributed by atoms with Gasteiger partial charge < -0.3 is 10.2 Å². The van der Waals surface area contributed by atoms with Crippen LogP contribution < -0.4 is 10.2 Å². The van der Waals surface area contributed by atoms with Crippen molar-refractivity contribution in [1.82, 2.24) is 5.32 Å². The molecular weight excluding hydrogens is 276 g/mol. The topological polar surface area (TPSA) is 49.4 Å². The maximum absolute atomic E-state index is 12.6. The number of carbonyl (C=O) groups is 2. The lowest BCUT2D eigenvalue weighted by Gasteiger charge is -2.24. The van der Waals surface area contributed by atoms with Crippen LogP contribution in [-0.4, -0.2) is 25.4 Å². The summed E-state index contributed by atoms with van der Waals surface area (Å²) < 4.78 is 0. The molecule has 4 heteroatoms. The molecule has 0 saturated heterocycles. The summed E-state index contributed by atoms with van der Waals surface area (Å²) in [6, 6.07) is 8.35. The van der Waals surface area contributed by atoms with Gasteiger partial charge in [0.15, 0.2) is 0 Å². The lowest BCUT2D eigenvalue weighted by molar-refractivity contribution is -0.121. The molecule has 1 saturated carbocycles. The normalized spacial score (nSPS) is 18.5. The van der Waals surface area contributed by atoms with Gasteiger partial charge in [0.25, 0.3) is 0 Å². The monoisotopic (exact) mass is 300 g/mol. The molecule has 1 aromatic rings. The molecule has 2 amide bonds. The van der Waals surface area contributed by atoms with Crippen LogP contribution in [-0.2, 0) is 15.0 Å². The molecular formula is C18H24N2O2. The van der Waals surface area contributed by atoms with E-state index in [0.29, 0.717) is 19.3 Å². The molecule has 0 bridgehead atoms. The second-order valence-corrected chi connectivity index (χ2v) is 6.51. The molecule has 2 aliphatic rings. The fraction of sp³-hybridized carbons (Fsp3) is 0.556. The number of benzene rings is 1. The van der Waals surface area contributed by atoms with Crippen LogP contribution in [0.1, 0.15) is 50.5 Å². The Morgan fingerprint density at radius 3 is 2.64 bits per heavy atom. The van der Waals surface area contributed by atoms with Crippen LogP contribution in [0.5, 0.6) is 0 Å². The number of hydrogen-bond acceptors (Lipinski definition) is 2. The number of carbonyl (C=O) groups excluding carboxylic acids is 2. The Morgan fingerprint density at radius 1 is 1.18 bits per heavy atom. The number of amides is 2. The molecule has 1 fully saturated rings. The molecule has 3 rings (SSSR count). The van der Waals surface area contributed by atoms with E-state index in [1.165, 1.54) is 31.2 Å². The van der Waals surface area contributed by atoms with Crippen LogP contribution in [0.4, 0.5) is 5.69 Å². The number of para-hydroxylation sites is 1. The standard InChI is InChI=1S/C18H24N2O2/c1-19-16(21)9-6-10-17(22)20-13-18(11-4-5-12-18)14-7-2-3-8-15(14)20/h2-3,7-8H,4-6,9-13H2,1H3,(H,19,21). The first-order valence-corrected chi connectivity index (χ1v) is 8.27. The highest BCUT2D eigenvalue weighted by Gasteiger charge is 2.45. The van der Waals surface area contributed by atoms with E-state index in [-0.39, 0.29) is 17.2 Å². The van der Waals surface area contributed by atoms with E-state index in [4.69, 9.17) is 0 Å². The van der Waals surface area contributed by atoms with Crippen molar-refractivity contribution in [2.75, 3.05) is 18.5 Å². The van der Waals surface area contributed by atoms with Gasteiger partial charge in [-0.05, 0) is 30.9 Å². The molecule has 4 nitrogen and oxygen atoms in total. The molecule has 0 aromatic heterocycles. The molecule has 0 radical (unpaired) electrons. The van der Waals surface area contributed by atoms with Crippen LogP contribution in [0.2, 0.25) is 0 Å². The van der Waals surface area contributed by atoms with Gasteiger partial charge >= 0.3 is 0 Å². The van der Waals surface area contributed by atoms with Gasteiger partial charge in [-0.15, -0.1) is 0 Å².